The largest absolute Gasteiger partial charge is 0.450 e. The van der Waals surface area contributed by atoms with Crippen molar-refractivity contribution in [2.45, 2.75) is 19.4 Å². The number of aliphatic hydroxyl groups is 1. The summed E-state index contributed by atoms with van der Waals surface area (Å²) in [6.45, 7) is 1.80. The molecule has 110 valence electrons. The van der Waals surface area contributed by atoms with Crippen LogP contribution in [0, 0.1) is 15.9 Å². The molecule has 6 heteroatoms. The van der Waals surface area contributed by atoms with Crippen LogP contribution in [0.1, 0.15) is 25.0 Å². The van der Waals surface area contributed by atoms with Gasteiger partial charge in [-0.1, -0.05) is 25.1 Å². The number of para-hydroxylation sites is 1. The van der Waals surface area contributed by atoms with Gasteiger partial charge in [0.2, 0.25) is 5.75 Å². The van der Waals surface area contributed by atoms with Gasteiger partial charge < -0.3 is 9.84 Å². The smallest absolute Gasteiger partial charge is 0.311 e. The molecule has 0 aliphatic heterocycles. The fraction of sp³-hybridized carbons (Fsp3) is 0.200. The topological polar surface area (TPSA) is 72.6 Å². The number of nitro benzene ring substituents is 1. The van der Waals surface area contributed by atoms with E-state index in [1.54, 1.807) is 31.2 Å². The Morgan fingerprint density at radius 3 is 2.67 bits per heavy atom. The van der Waals surface area contributed by atoms with E-state index in [1.807, 2.05) is 0 Å². The Morgan fingerprint density at radius 2 is 2.00 bits per heavy atom. The monoisotopic (exact) mass is 291 g/mol. The van der Waals surface area contributed by atoms with Crippen molar-refractivity contribution >= 4 is 5.69 Å². The molecule has 0 amide bonds. The van der Waals surface area contributed by atoms with Crippen LogP contribution >= 0.6 is 0 Å². The third-order valence-corrected chi connectivity index (χ3v) is 3.00. The molecule has 0 aromatic heterocycles. The summed E-state index contributed by atoms with van der Waals surface area (Å²) in [6.07, 6.45) is -0.292. The Bertz CT molecular complexity index is 660. The molecule has 0 saturated heterocycles. The molecular formula is C15H14FNO4. The Hall–Kier alpha value is -2.47. The number of hydrogen-bond donors (Lipinski definition) is 1. The van der Waals surface area contributed by atoms with Crippen LogP contribution in [0.5, 0.6) is 11.5 Å². The van der Waals surface area contributed by atoms with Crippen LogP contribution < -0.4 is 4.74 Å². The summed E-state index contributed by atoms with van der Waals surface area (Å²) in [5.74, 6) is -0.569. The molecule has 0 fully saturated rings. The van der Waals surface area contributed by atoms with Gasteiger partial charge in [-0.3, -0.25) is 10.1 Å². The molecule has 0 bridgehead atoms. The van der Waals surface area contributed by atoms with Crippen molar-refractivity contribution in [3.8, 4) is 11.5 Å². The zero-order valence-electron chi connectivity index (χ0n) is 11.3. The van der Waals surface area contributed by atoms with Crippen molar-refractivity contribution in [1.82, 2.24) is 0 Å². The van der Waals surface area contributed by atoms with Crippen molar-refractivity contribution in [3.05, 3.63) is 64.0 Å². The summed E-state index contributed by atoms with van der Waals surface area (Å²) >= 11 is 0. The van der Waals surface area contributed by atoms with Gasteiger partial charge in [0.25, 0.3) is 0 Å². The minimum atomic E-state index is -0.756. The van der Waals surface area contributed by atoms with Crippen LogP contribution in [0.15, 0.2) is 42.5 Å². The van der Waals surface area contributed by atoms with E-state index in [2.05, 4.69) is 0 Å². The van der Waals surface area contributed by atoms with Crippen molar-refractivity contribution in [2.24, 2.45) is 0 Å². The van der Waals surface area contributed by atoms with Crippen molar-refractivity contribution < 1.29 is 19.2 Å². The van der Waals surface area contributed by atoms with Gasteiger partial charge in [0, 0.05) is 17.7 Å². The van der Waals surface area contributed by atoms with Crippen LogP contribution in [0.2, 0.25) is 0 Å². The highest BCUT2D eigenvalue weighted by atomic mass is 19.1. The second-order valence-corrected chi connectivity index (χ2v) is 4.43. The van der Waals surface area contributed by atoms with Crippen LogP contribution in [0.3, 0.4) is 0 Å². The first-order valence-electron chi connectivity index (χ1n) is 6.41. The van der Waals surface area contributed by atoms with Crippen LogP contribution in [0.4, 0.5) is 10.1 Å². The normalized spacial score (nSPS) is 12.0. The lowest BCUT2D eigenvalue weighted by Gasteiger charge is -2.14. The average Bonchev–Trinajstić information content (AvgIpc) is 2.47. The highest BCUT2D eigenvalue weighted by Gasteiger charge is 2.19. The van der Waals surface area contributed by atoms with Gasteiger partial charge in [0.1, 0.15) is 11.6 Å². The number of hydrogen-bond acceptors (Lipinski definition) is 4. The zero-order valence-corrected chi connectivity index (χ0v) is 11.3. The van der Waals surface area contributed by atoms with E-state index in [-0.39, 0.29) is 17.2 Å². The first-order valence-corrected chi connectivity index (χ1v) is 6.41. The zero-order chi connectivity index (χ0) is 15.4. The lowest BCUT2D eigenvalue weighted by Crippen LogP contribution is -2.00. The molecule has 0 radical (unpaired) electrons. The highest BCUT2D eigenvalue weighted by molar-refractivity contribution is 5.50. The third kappa shape index (κ3) is 3.35. The van der Waals surface area contributed by atoms with Crippen LogP contribution in [-0.4, -0.2) is 10.0 Å². The molecule has 2 aromatic rings. The molecule has 0 saturated carbocycles. The van der Waals surface area contributed by atoms with Crippen molar-refractivity contribution in [2.75, 3.05) is 0 Å². The highest BCUT2D eigenvalue weighted by Crippen LogP contribution is 2.35. The fourth-order valence-electron chi connectivity index (χ4n) is 1.91. The fourth-order valence-corrected chi connectivity index (χ4v) is 1.91. The molecule has 2 aromatic carbocycles. The summed E-state index contributed by atoms with van der Waals surface area (Å²) in [5.41, 5.74) is 0.163. The molecular weight excluding hydrogens is 277 g/mol. The Balaban J connectivity index is 2.43. The number of benzene rings is 2. The summed E-state index contributed by atoms with van der Waals surface area (Å²) in [6, 6.07) is 9.62. The van der Waals surface area contributed by atoms with Gasteiger partial charge in [0.15, 0.2) is 0 Å². The second kappa shape index (κ2) is 6.32. The molecule has 1 atom stereocenters. The minimum Gasteiger partial charge on any atom is -0.450 e. The van der Waals surface area contributed by atoms with E-state index in [0.29, 0.717) is 12.0 Å². The van der Waals surface area contributed by atoms with E-state index in [9.17, 15) is 19.6 Å². The van der Waals surface area contributed by atoms with Gasteiger partial charge in [-0.15, -0.1) is 0 Å². The van der Waals surface area contributed by atoms with Gasteiger partial charge in [-0.25, -0.2) is 4.39 Å². The maximum atomic E-state index is 13.3. The van der Waals surface area contributed by atoms with E-state index in [0.717, 1.165) is 18.2 Å². The van der Waals surface area contributed by atoms with Gasteiger partial charge in [0.05, 0.1) is 11.0 Å². The maximum Gasteiger partial charge on any atom is 0.311 e. The molecule has 1 unspecified atom stereocenters. The first-order chi connectivity index (χ1) is 10.0. The average molecular weight is 291 g/mol. The summed E-state index contributed by atoms with van der Waals surface area (Å²) in [7, 11) is 0. The number of rotatable bonds is 5. The lowest BCUT2D eigenvalue weighted by atomic mass is 10.1. The number of aliphatic hydroxyl groups excluding tert-OH is 1. The number of halogens is 1. The van der Waals surface area contributed by atoms with Gasteiger partial charge in [-0.2, -0.15) is 0 Å². The Morgan fingerprint density at radius 1 is 1.29 bits per heavy atom. The maximum absolute atomic E-state index is 13.3. The van der Waals surface area contributed by atoms with E-state index in [1.165, 1.54) is 0 Å². The van der Waals surface area contributed by atoms with Crippen LogP contribution in [-0.2, 0) is 0 Å². The predicted octanol–water partition coefficient (Wildman–Crippen LogP) is 3.97. The molecule has 0 aliphatic carbocycles. The summed E-state index contributed by atoms with van der Waals surface area (Å²) < 4.78 is 18.8. The Labute approximate surface area is 120 Å². The molecule has 0 heterocycles. The standard InChI is InChI=1S/C15H14FNO4/c1-2-13(18)11-5-3-4-6-14(11)21-15-9-10(16)7-8-12(15)17(19)20/h3-9,13,18H,2H2,1H3. The predicted molar refractivity (Wildman–Crippen MR) is 74.8 cm³/mol. The third-order valence-electron chi connectivity index (χ3n) is 3.00. The molecule has 2 rings (SSSR count). The van der Waals surface area contributed by atoms with E-state index in [4.69, 9.17) is 4.74 Å². The number of ether oxygens (including phenoxy) is 1. The second-order valence-electron chi connectivity index (χ2n) is 4.43. The van der Waals surface area contributed by atoms with E-state index < -0.39 is 16.8 Å². The first kappa shape index (κ1) is 14.9. The van der Waals surface area contributed by atoms with E-state index >= 15 is 0 Å². The molecule has 5 nitrogen and oxygen atoms in total. The van der Waals surface area contributed by atoms with Crippen molar-refractivity contribution in [1.29, 1.82) is 0 Å². The molecule has 21 heavy (non-hydrogen) atoms. The van der Waals surface area contributed by atoms with Crippen LogP contribution in [0.25, 0.3) is 0 Å². The number of nitro groups is 1. The Kier molecular flexibility index (Phi) is 4.49. The minimum absolute atomic E-state index is 0.198. The summed E-state index contributed by atoms with van der Waals surface area (Å²) in [5, 5.41) is 20.9. The molecule has 0 spiro atoms. The lowest BCUT2D eigenvalue weighted by molar-refractivity contribution is -0.385. The summed E-state index contributed by atoms with van der Waals surface area (Å²) in [4.78, 5) is 10.3. The number of nitrogens with zero attached hydrogens (tertiary/aromatic N) is 1. The van der Waals surface area contributed by atoms with Gasteiger partial charge >= 0.3 is 5.69 Å². The SMILES string of the molecule is CCC(O)c1ccccc1Oc1cc(F)ccc1[N+](=O)[O-]. The quantitative estimate of drug-likeness (QED) is 0.668. The van der Waals surface area contributed by atoms with Gasteiger partial charge in [-0.05, 0) is 18.6 Å². The molecule has 0 aliphatic rings. The molecule has 1 N–H and O–H groups in total. The van der Waals surface area contributed by atoms with Crippen molar-refractivity contribution in [3.63, 3.8) is 0 Å².